The number of aliphatic hydroxyl groups excluding tert-OH is 1. The van der Waals surface area contributed by atoms with E-state index in [-0.39, 0.29) is 6.10 Å². The summed E-state index contributed by atoms with van der Waals surface area (Å²) in [5.41, 5.74) is 0. The Morgan fingerprint density at radius 1 is 1.36 bits per heavy atom. The predicted molar refractivity (Wildman–Crippen MR) is 61.2 cm³/mol. The maximum atomic E-state index is 10.2. The van der Waals surface area contributed by atoms with Crippen LogP contribution in [-0.4, -0.2) is 11.2 Å². The van der Waals surface area contributed by atoms with Crippen LogP contribution in [0.1, 0.15) is 51.9 Å². The summed E-state index contributed by atoms with van der Waals surface area (Å²) in [4.78, 5) is 0. The normalized spacial score (nSPS) is 23.0. The molecule has 0 amide bonds. The third-order valence-corrected chi connectivity index (χ3v) is 3.50. The first-order chi connectivity index (χ1) is 6.79. The van der Waals surface area contributed by atoms with E-state index < -0.39 is 0 Å². The van der Waals surface area contributed by atoms with Crippen molar-refractivity contribution in [3.8, 4) is 0 Å². The van der Waals surface area contributed by atoms with Gasteiger partial charge < -0.3 is 5.11 Å². The van der Waals surface area contributed by atoms with Gasteiger partial charge in [-0.15, -0.1) is 6.58 Å². The van der Waals surface area contributed by atoms with E-state index in [2.05, 4.69) is 13.5 Å². The molecule has 0 bridgehead atoms. The summed E-state index contributed by atoms with van der Waals surface area (Å²) < 4.78 is 0. The number of aliphatic hydroxyl groups is 1. The van der Waals surface area contributed by atoms with Crippen LogP contribution in [0.3, 0.4) is 0 Å². The Balaban J connectivity index is 2.42. The summed E-state index contributed by atoms with van der Waals surface area (Å²) in [5.74, 6) is 0.862. The number of hydrogen-bond donors (Lipinski definition) is 1. The van der Waals surface area contributed by atoms with Gasteiger partial charge in [0.05, 0.1) is 6.10 Å². The minimum Gasteiger partial charge on any atom is -0.392 e. The highest BCUT2D eigenvalue weighted by molar-refractivity contribution is 4.88. The predicted octanol–water partition coefficient (Wildman–Crippen LogP) is 3.53. The van der Waals surface area contributed by atoms with Crippen LogP contribution < -0.4 is 0 Å². The van der Waals surface area contributed by atoms with Gasteiger partial charge in [-0.25, -0.2) is 0 Å². The molecule has 0 heterocycles. The zero-order chi connectivity index (χ0) is 10.4. The molecule has 1 aliphatic rings. The lowest BCUT2D eigenvalue weighted by molar-refractivity contribution is 0.0469. The highest BCUT2D eigenvalue weighted by Gasteiger charge is 2.26. The SMILES string of the molecule is C=CC(CCC)[C@@H](O)C1CCCCC1. The zero-order valence-electron chi connectivity index (χ0n) is 9.41. The fourth-order valence-corrected chi connectivity index (χ4v) is 2.59. The molecule has 1 aliphatic carbocycles. The molecule has 1 heteroatoms. The molecule has 1 fully saturated rings. The van der Waals surface area contributed by atoms with Gasteiger partial charge in [-0.3, -0.25) is 0 Å². The highest BCUT2D eigenvalue weighted by atomic mass is 16.3. The number of hydrogen-bond acceptors (Lipinski definition) is 1. The Labute approximate surface area is 88.2 Å². The fourth-order valence-electron chi connectivity index (χ4n) is 2.59. The van der Waals surface area contributed by atoms with Crippen LogP contribution in [-0.2, 0) is 0 Å². The molecular formula is C13H24O. The largest absolute Gasteiger partial charge is 0.392 e. The van der Waals surface area contributed by atoms with Gasteiger partial charge in [0.2, 0.25) is 0 Å². The van der Waals surface area contributed by atoms with Gasteiger partial charge in [0.15, 0.2) is 0 Å². The Morgan fingerprint density at radius 2 is 2.00 bits per heavy atom. The first-order valence-electron chi connectivity index (χ1n) is 6.10. The summed E-state index contributed by atoms with van der Waals surface area (Å²) in [6.07, 6.45) is 10.4. The second-order valence-corrected chi connectivity index (χ2v) is 4.58. The second-order valence-electron chi connectivity index (χ2n) is 4.58. The van der Waals surface area contributed by atoms with E-state index in [1.165, 1.54) is 32.1 Å². The van der Waals surface area contributed by atoms with Crippen LogP contribution in [0.5, 0.6) is 0 Å². The summed E-state index contributed by atoms with van der Waals surface area (Å²) in [5, 5.41) is 10.2. The number of rotatable bonds is 5. The van der Waals surface area contributed by atoms with Crippen LogP contribution >= 0.6 is 0 Å². The van der Waals surface area contributed by atoms with E-state index in [1.54, 1.807) is 0 Å². The highest BCUT2D eigenvalue weighted by Crippen LogP contribution is 2.31. The standard InChI is InChI=1S/C13H24O/c1-3-8-11(4-2)13(14)12-9-6-5-7-10-12/h4,11-14H,2-3,5-10H2,1H3/t11?,13-/m1/s1. The van der Waals surface area contributed by atoms with Crippen molar-refractivity contribution in [3.05, 3.63) is 12.7 Å². The van der Waals surface area contributed by atoms with Crippen molar-refractivity contribution >= 4 is 0 Å². The molecular weight excluding hydrogens is 172 g/mol. The molecule has 1 saturated carbocycles. The quantitative estimate of drug-likeness (QED) is 0.667. The Morgan fingerprint density at radius 3 is 2.50 bits per heavy atom. The topological polar surface area (TPSA) is 20.2 Å². The summed E-state index contributed by atoms with van der Waals surface area (Å²) in [6, 6.07) is 0. The molecule has 1 rings (SSSR count). The van der Waals surface area contributed by atoms with Crippen molar-refractivity contribution in [2.45, 2.75) is 58.0 Å². The molecule has 0 aromatic heterocycles. The summed E-state index contributed by atoms with van der Waals surface area (Å²) >= 11 is 0. The Bertz CT molecular complexity index is 159. The van der Waals surface area contributed by atoms with E-state index in [0.717, 1.165) is 12.8 Å². The zero-order valence-corrected chi connectivity index (χ0v) is 9.41. The van der Waals surface area contributed by atoms with Gasteiger partial charge in [-0.1, -0.05) is 38.7 Å². The van der Waals surface area contributed by atoms with E-state index in [4.69, 9.17) is 0 Å². The minimum atomic E-state index is -0.132. The maximum Gasteiger partial charge on any atom is 0.0630 e. The van der Waals surface area contributed by atoms with E-state index in [0.29, 0.717) is 11.8 Å². The van der Waals surface area contributed by atoms with Gasteiger partial charge in [-0.05, 0) is 25.2 Å². The Hall–Kier alpha value is -0.300. The van der Waals surface area contributed by atoms with Crippen molar-refractivity contribution in [2.24, 2.45) is 11.8 Å². The third-order valence-electron chi connectivity index (χ3n) is 3.50. The summed E-state index contributed by atoms with van der Waals surface area (Å²) in [7, 11) is 0. The Kier molecular flexibility index (Phi) is 5.24. The van der Waals surface area contributed by atoms with Crippen molar-refractivity contribution in [3.63, 3.8) is 0 Å². The average Bonchev–Trinajstić information content (AvgIpc) is 2.26. The van der Waals surface area contributed by atoms with Crippen molar-refractivity contribution in [2.75, 3.05) is 0 Å². The first kappa shape index (κ1) is 11.8. The smallest absolute Gasteiger partial charge is 0.0630 e. The fraction of sp³-hybridized carbons (Fsp3) is 0.846. The molecule has 0 saturated heterocycles. The molecule has 2 atom stereocenters. The molecule has 1 nitrogen and oxygen atoms in total. The third kappa shape index (κ3) is 3.13. The van der Waals surface area contributed by atoms with Crippen LogP contribution in [0.25, 0.3) is 0 Å². The lowest BCUT2D eigenvalue weighted by atomic mass is 9.79. The first-order valence-corrected chi connectivity index (χ1v) is 6.10. The molecule has 0 spiro atoms. The lowest BCUT2D eigenvalue weighted by Crippen LogP contribution is -2.29. The monoisotopic (exact) mass is 196 g/mol. The molecule has 0 aromatic carbocycles. The average molecular weight is 196 g/mol. The minimum absolute atomic E-state index is 0.132. The lowest BCUT2D eigenvalue weighted by Gasteiger charge is -2.30. The molecule has 1 N–H and O–H groups in total. The van der Waals surface area contributed by atoms with E-state index >= 15 is 0 Å². The molecule has 82 valence electrons. The molecule has 0 radical (unpaired) electrons. The van der Waals surface area contributed by atoms with Crippen LogP contribution in [0.4, 0.5) is 0 Å². The van der Waals surface area contributed by atoms with Crippen LogP contribution in [0.15, 0.2) is 12.7 Å². The van der Waals surface area contributed by atoms with Crippen LogP contribution in [0, 0.1) is 11.8 Å². The van der Waals surface area contributed by atoms with E-state index in [1.807, 2.05) is 6.08 Å². The maximum absolute atomic E-state index is 10.2. The van der Waals surface area contributed by atoms with Gasteiger partial charge in [-0.2, -0.15) is 0 Å². The second kappa shape index (κ2) is 6.23. The van der Waals surface area contributed by atoms with Crippen molar-refractivity contribution in [1.29, 1.82) is 0 Å². The molecule has 1 unspecified atom stereocenters. The van der Waals surface area contributed by atoms with Crippen molar-refractivity contribution in [1.82, 2.24) is 0 Å². The van der Waals surface area contributed by atoms with Gasteiger partial charge in [0.1, 0.15) is 0 Å². The molecule has 0 aliphatic heterocycles. The van der Waals surface area contributed by atoms with Gasteiger partial charge in [0, 0.05) is 5.92 Å². The van der Waals surface area contributed by atoms with Gasteiger partial charge >= 0.3 is 0 Å². The van der Waals surface area contributed by atoms with Crippen molar-refractivity contribution < 1.29 is 5.11 Å². The van der Waals surface area contributed by atoms with Gasteiger partial charge in [0.25, 0.3) is 0 Å². The van der Waals surface area contributed by atoms with Crippen LogP contribution in [0.2, 0.25) is 0 Å². The molecule has 14 heavy (non-hydrogen) atoms. The van der Waals surface area contributed by atoms with E-state index in [9.17, 15) is 5.11 Å². The summed E-state index contributed by atoms with van der Waals surface area (Å²) in [6.45, 7) is 6.01. The molecule has 0 aromatic rings.